The Kier molecular flexibility index (Phi) is 4.61. The molecule has 6 nitrogen and oxygen atoms in total. The van der Waals surface area contributed by atoms with Crippen LogP contribution in [0.3, 0.4) is 0 Å². The highest BCUT2D eigenvalue weighted by atomic mass is 16.5. The molecule has 4 aromatic rings. The summed E-state index contributed by atoms with van der Waals surface area (Å²) >= 11 is 0. The number of carbonyl (C=O) groups is 1. The fourth-order valence-electron chi connectivity index (χ4n) is 2.77. The lowest BCUT2D eigenvalue weighted by Gasteiger charge is -2.19. The normalized spacial score (nSPS) is 10.9. The highest BCUT2D eigenvalue weighted by molar-refractivity contribution is 5.93. The van der Waals surface area contributed by atoms with E-state index in [9.17, 15) is 4.79 Å². The number of aryl methyl sites for hydroxylation is 1. The van der Waals surface area contributed by atoms with Gasteiger partial charge in [0.2, 0.25) is 0 Å². The molecule has 0 aliphatic rings. The number of hydrogen-bond acceptors (Lipinski definition) is 5. The number of amides is 1. The van der Waals surface area contributed by atoms with Gasteiger partial charge >= 0.3 is 0 Å². The van der Waals surface area contributed by atoms with Crippen molar-refractivity contribution in [3.05, 3.63) is 89.9 Å². The van der Waals surface area contributed by atoms with Gasteiger partial charge in [0.1, 0.15) is 11.5 Å². The van der Waals surface area contributed by atoms with Crippen molar-refractivity contribution in [3.63, 3.8) is 0 Å². The van der Waals surface area contributed by atoms with E-state index in [0.717, 1.165) is 11.1 Å². The third kappa shape index (κ3) is 3.84. The van der Waals surface area contributed by atoms with Gasteiger partial charge in [-0.15, -0.1) is 0 Å². The molecule has 0 saturated carbocycles. The maximum absolute atomic E-state index is 13.0. The maximum Gasteiger partial charge on any atom is 0.276 e. The van der Waals surface area contributed by atoms with Crippen molar-refractivity contribution < 1.29 is 18.2 Å². The van der Waals surface area contributed by atoms with Crippen molar-refractivity contribution in [3.8, 4) is 11.3 Å². The maximum atomic E-state index is 13.0. The molecule has 0 bridgehead atoms. The van der Waals surface area contributed by atoms with Crippen LogP contribution in [0.5, 0.6) is 0 Å². The molecule has 27 heavy (non-hydrogen) atoms. The van der Waals surface area contributed by atoms with Crippen LogP contribution in [0.2, 0.25) is 0 Å². The molecule has 0 fully saturated rings. The van der Waals surface area contributed by atoms with Crippen LogP contribution in [0.1, 0.15) is 27.6 Å². The lowest BCUT2D eigenvalue weighted by atomic mass is 10.1. The summed E-state index contributed by atoms with van der Waals surface area (Å²) in [7, 11) is 0. The average Bonchev–Trinajstić information content (AvgIpc) is 3.44. The molecule has 136 valence electrons. The largest absolute Gasteiger partial charge is 0.467 e. The Bertz CT molecular complexity index is 963. The summed E-state index contributed by atoms with van der Waals surface area (Å²) in [6, 6.07) is 16.7. The highest BCUT2D eigenvalue weighted by Gasteiger charge is 2.22. The molecule has 0 aliphatic heterocycles. The van der Waals surface area contributed by atoms with E-state index in [4.69, 9.17) is 13.4 Å². The Hall–Kier alpha value is -3.54. The van der Waals surface area contributed by atoms with Crippen LogP contribution in [0, 0.1) is 6.92 Å². The van der Waals surface area contributed by atoms with Crippen LogP contribution in [-0.4, -0.2) is 16.0 Å². The smallest absolute Gasteiger partial charge is 0.276 e. The van der Waals surface area contributed by atoms with Gasteiger partial charge in [0, 0.05) is 11.6 Å². The number of nitrogens with zero attached hydrogens (tertiary/aromatic N) is 2. The molecule has 3 aromatic heterocycles. The standard InChI is InChI=1S/C21H18N2O4/c1-15-6-8-16(9-7-15)20-12-19(22-27-20)21(24)23(13-17-4-2-10-25-17)14-18-5-3-11-26-18/h2-12H,13-14H2,1H3. The van der Waals surface area contributed by atoms with E-state index in [1.807, 2.05) is 43.3 Å². The van der Waals surface area contributed by atoms with Crippen LogP contribution in [0.15, 0.2) is 80.5 Å². The molecule has 6 heteroatoms. The molecular weight excluding hydrogens is 344 g/mol. The van der Waals surface area contributed by atoms with Crippen LogP contribution in [-0.2, 0) is 13.1 Å². The molecule has 0 radical (unpaired) electrons. The van der Waals surface area contributed by atoms with Gasteiger partial charge in [-0.25, -0.2) is 0 Å². The molecule has 3 heterocycles. The lowest BCUT2D eigenvalue weighted by molar-refractivity contribution is 0.0694. The van der Waals surface area contributed by atoms with E-state index in [-0.39, 0.29) is 11.6 Å². The zero-order valence-electron chi connectivity index (χ0n) is 14.8. The summed E-state index contributed by atoms with van der Waals surface area (Å²) in [5.41, 5.74) is 2.26. The van der Waals surface area contributed by atoms with Gasteiger partial charge in [0.15, 0.2) is 11.5 Å². The Morgan fingerprint density at radius 3 is 2.15 bits per heavy atom. The van der Waals surface area contributed by atoms with E-state index < -0.39 is 0 Å². The molecular formula is C21H18N2O4. The Morgan fingerprint density at radius 2 is 1.59 bits per heavy atom. The third-order valence-electron chi connectivity index (χ3n) is 4.21. The van der Waals surface area contributed by atoms with E-state index in [0.29, 0.717) is 30.4 Å². The Morgan fingerprint density at radius 1 is 0.963 bits per heavy atom. The van der Waals surface area contributed by atoms with Crippen molar-refractivity contribution in [2.24, 2.45) is 0 Å². The molecule has 0 unspecified atom stereocenters. The number of aromatic nitrogens is 1. The van der Waals surface area contributed by atoms with Gasteiger partial charge in [0.25, 0.3) is 5.91 Å². The number of benzene rings is 1. The number of hydrogen-bond donors (Lipinski definition) is 0. The van der Waals surface area contributed by atoms with Crippen LogP contribution < -0.4 is 0 Å². The fourth-order valence-corrected chi connectivity index (χ4v) is 2.77. The van der Waals surface area contributed by atoms with Crippen molar-refractivity contribution in [2.75, 3.05) is 0 Å². The molecule has 1 amide bonds. The minimum atomic E-state index is -0.259. The minimum Gasteiger partial charge on any atom is -0.467 e. The topological polar surface area (TPSA) is 72.6 Å². The summed E-state index contributed by atoms with van der Waals surface area (Å²) < 4.78 is 16.2. The second kappa shape index (κ2) is 7.37. The van der Waals surface area contributed by atoms with Crippen molar-refractivity contribution in [1.82, 2.24) is 10.1 Å². The minimum absolute atomic E-state index is 0.240. The predicted molar refractivity (Wildman–Crippen MR) is 97.7 cm³/mol. The van der Waals surface area contributed by atoms with Gasteiger partial charge in [-0.05, 0) is 31.2 Å². The Labute approximate surface area is 156 Å². The number of furan rings is 2. The zero-order chi connectivity index (χ0) is 18.6. The molecule has 1 aromatic carbocycles. The van der Waals surface area contributed by atoms with Crippen LogP contribution >= 0.6 is 0 Å². The molecule has 0 N–H and O–H groups in total. The van der Waals surface area contributed by atoms with E-state index in [1.165, 1.54) is 0 Å². The first-order chi connectivity index (χ1) is 13.2. The van der Waals surface area contributed by atoms with Gasteiger partial charge in [-0.2, -0.15) is 0 Å². The zero-order valence-corrected chi connectivity index (χ0v) is 14.8. The molecule has 0 spiro atoms. The monoisotopic (exact) mass is 362 g/mol. The summed E-state index contributed by atoms with van der Waals surface area (Å²) in [4.78, 5) is 14.6. The van der Waals surface area contributed by atoms with Gasteiger partial charge in [-0.1, -0.05) is 35.0 Å². The quantitative estimate of drug-likeness (QED) is 0.498. The molecule has 0 saturated heterocycles. The first-order valence-corrected chi connectivity index (χ1v) is 8.57. The fraction of sp³-hybridized carbons (Fsp3) is 0.143. The predicted octanol–water partition coefficient (Wildman–Crippen LogP) is 4.68. The molecule has 0 atom stereocenters. The second-order valence-corrected chi connectivity index (χ2v) is 6.26. The summed E-state index contributed by atoms with van der Waals surface area (Å²) in [5.74, 6) is 1.65. The van der Waals surface area contributed by atoms with Crippen LogP contribution in [0.25, 0.3) is 11.3 Å². The van der Waals surface area contributed by atoms with Crippen molar-refractivity contribution in [2.45, 2.75) is 20.0 Å². The van der Waals surface area contributed by atoms with Gasteiger partial charge in [-0.3, -0.25) is 4.79 Å². The van der Waals surface area contributed by atoms with Crippen molar-refractivity contribution >= 4 is 5.91 Å². The Balaban J connectivity index is 1.58. The van der Waals surface area contributed by atoms with Crippen LogP contribution in [0.4, 0.5) is 0 Å². The van der Waals surface area contributed by atoms with E-state index in [2.05, 4.69) is 5.16 Å². The van der Waals surface area contributed by atoms with Crippen molar-refractivity contribution in [1.29, 1.82) is 0 Å². The van der Waals surface area contributed by atoms with Gasteiger partial charge in [0.05, 0.1) is 25.6 Å². The summed E-state index contributed by atoms with van der Waals surface area (Å²) in [6.45, 7) is 2.62. The second-order valence-electron chi connectivity index (χ2n) is 6.26. The average molecular weight is 362 g/mol. The first kappa shape index (κ1) is 16.9. The first-order valence-electron chi connectivity index (χ1n) is 8.57. The highest BCUT2D eigenvalue weighted by Crippen LogP contribution is 2.22. The lowest BCUT2D eigenvalue weighted by Crippen LogP contribution is -2.30. The molecule has 4 rings (SSSR count). The van der Waals surface area contributed by atoms with Gasteiger partial charge < -0.3 is 18.3 Å². The van der Waals surface area contributed by atoms with E-state index in [1.54, 1.807) is 35.6 Å². The number of rotatable bonds is 6. The van der Waals surface area contributed by atoms with E-state index >= 15 is 0 Å². The molecule has 0 aliphatic carbocycles. The summed E-state index contributed by atoms with van der Waals surface area (Å²) in [6.07, 6.45) is 3.16. The number of carbonyl (C=O) groups excluding carboxylic acids is 1. The SMILES string of the molecule is Cc1ccc(-c2cc(C(=O)N(Cc3ccco3)Cc3ccco3)no2)cc1. The third-order valence-corrected chi connectivity index (χ3v) is 4.21. The summed E-state index contributed by atoms with van der Waals surface area (Å²) in [5, 5.41) is 3.97.